The van der Waals surface area contributed by atoms with E-state index in [9.17, 15) is 14.4 Å². The maximum atomic E-state index is 11.7. The van der Waals surface area contributed by atoms with Gasteiger partial charge < -0.3 is 14.9 Å². The average Bonchev–Trinajstić information content (AvgIpc) is 2.44. The molecule has 7 nitrogen and oxygen atoms in total. The number of urea groups is 1. The normalized spacial score (nSPS) is 21.2. The summed E-state index contributed by atoms with van der Waals surface area (Å²) in [5, 5.41) is 8.83. The summed E-state index contributed by atoms with van der Waals surface area (Å²) in [5.41, 5.74) is 0. The number of likely N-dealkylation sites (N-methyl/N-ethyl adjacent to an activating group) is 1. The van der Waals surface area contributed by atoms with Gasteiger partial charge in [0.15, 0.2) is 0 Å². The number of likely N-dealkylation sites (tertiary alicyclic amines) is 1. The lowest BCUT2D eigenvalue weighted by molar-refractivity contribution is -0.142. The second-order valence-corrected chi connectivity index (χ2v) is 4.47. The quantitative estimate of drug-likeness (QED) is 0.599. The highest BCUT2D eigenvalue weighted by Gasteiger charge is 2.37. The fourth-order valence-electron chi connectivity index (χ4n) is 1.95. The number of aliphatic hydroxyl groups excluding tert-OH is 1. The van der Waals surface area contributed by atoms with Crippen molar-refractivity contribution in [2.45, 2.75) is 0 Å². The van der Waals surface area contributed by atoms with E-state index in [2.05, 4.69) is 0 Å². The first-order valence-corrected chi connectivity index (χ1v) is 5.47. The highest BCUT2D eigenvalue weighted by molar-refractivity contribution is 6.04. The van der Waals surface area contributed by atoms with Gasteiger partial charge in [-0.2, -0.15) is 0 Å². The molecule has 2 saturated heterocycles. The Hall–Kier alpha value is -1.63. The minimum Gasteiger partial charge on any atom is -0.396 e. The standard InChI is InChI=1S/C10H15N3O4/c1-11-4-9(16)13(10(11)17)5-8(15)12-2-7(3-12)6-14/h7,14H,2-6H2,1H3. The summed E-state index contributed by atoms with van der Waals surface area (Å²) in [4.78, 5) is 38.5. The van der Waals surface area contributed by atoms with Crippen LogP contribution in [0.3, 0.4) is 0 Å². The second kappa shape index (κ2) is 4.33. The van der Waals surface area contributed by atoms with Crippen LogP contribution in [0.2, 0.25) is 0 Å². The zero-order chi connectivity index (χ0) is 12.6. The first-order valence-electron chi connectivity index (χ1n) is 5.47. The van der Waals surface area contributed by atoms with Gasteiger partial charge in [-0.3, -0.25) is 14.5 Å². The van der Waals surface area contributed by atoms with E-state index >= 15 is 0 Å². The van der Waals surface area contributed by atoms with E-state index in [-0.39, 0.29) is 37.4 Å². The molecule has 2 heterocycles. The summed E-state index contributed by atoms with van der Waals surface area (Å²) in [5.74, 6) is -0.455. The number of amides is 4. The van der Waals surface area contributed by atoms with Crippen molar-refractivity contribution in [3.63, 3.8) is 0 Å². The van der Waals surface area contributed by atoms with Crippen LogP contribution in [0.4, 0.5) is 4.79 Å². The fraction of sp³-hybridized carbons (Fsp3) is 0.700. The number of rotatable bonds is 3. The van der Waals surface area contributed by atoms with Gasteiger partial charge in [0.05, 0.1) is 0 Å². The van der Waals surface area contributed by atoms with Crippen LogP contribution in [0.15, 0.2) is 0 Å². The van der Waals surface area contributed by atoms with Crippen molar-refractivity contribution in [3.8, 4) is 0 Å². The van der Waals surface area contributed by atoms with Gasteiger partial charge in [-0.25, -0.2) is 4.79 Å². The van der Waals surface area contributed by atoms with Crippen LogP contribution in [0.25, 0.3) is 0 Å². The molecule has 4 amide bonds. The molecule has 7 heteroatoms. The lowest BCUT2D eigenvalue weighted by atomic mass is 10.0. The van der Waals surface area contributed by atoms with Crippen molar-refractivity contribution in [3.05, 3.63) is 0 Å². The molecule has 0 aromatic heterocycles. The molecule has 0 unspecified atom stereocenters. The van der Waals surface area contributed by atoms with Crippen molar-refractivity contribution in [1.29, 1.82) is 0 Å². The predicted molar refractivity (Wildman–Crippen MR) is 56.9 cm³/mol. The molecule has 17 heavy (non-hydrogen) atoms. The highest BCUT2D eigenvalue weighted by atomic mass is 16.3. The summed E-state index contributed by atoms with van der Waals surface area (Å²) < 4.78 is 0. The summed E-state index contributed by atoms with van der Waals surface area (Å²) in [7, 11) is 1.52. The van der Waals surface area contributed by atoms with Gasteiger partial charge in [-0.1, -0.05) is 0 Å². The molecule has 94 valence electrons. The molecule has 0 aliphatic carbocycles. The molecule has 0 atom stereocenters. The van der Waals surface area contributed by atoms with Gasteiger partial charge in [0.2, 0.25) is 5.91 Å². The predicted octanol–water partition coefficient (Wildman–Crippen LogP) is -1.67. The second-order valence-electron chi connectivity index (χ2n) is 4.47. The van der Waals surface area contributed by atoms with Gasteiger partial charge in [-0.15, -0.1) is 0 Å². The third-order valence-electron chi connectivity index (χ3n) is 3.09. The third-order valence-corrected chi connectivity index (χ3v) is 3.09. The van der Waals surface area contributed by atoms with Crippen molar-refractivity contribution in [1.82, 2.24) is 14.7 Å². The van der Waals surface area contributed by atoms with Gasteiger partial charge >= 0.3 is 6.03 Å². The largest absolute Gasteiger partial charge is 0.396 e. The molecule has 0 spiro atoms. The van der Waals surface area contributed by atoms with Crippen molar-refractivity contribution in [2.75, 3.05) is 39.8 Å². The SMILES string of the molecule is CN1CC(=O)N(CC(=O)N2CC(CO)C2)C1=O. The van der Waals surface area contributed by atoms with E-state index in [0.29, 0.717) is 13.1 Å². The fourth-order valence-corrected chi connectivity index (χ4v) is 1.95. The first-order chi connectivity index (χ1) is 8.02. The molecule has 0 saturated carbocycles. The number of carbonyl (C=O) groups excluding carboxylic acids is 3. The smallest absolute Gasteiger partial charge is 0.327 e. The minimum atomic E-state index is -0.428. The van der Waals surface area contributed by atoms with Crippen LogP contribution in [-0.4, -0.2) is 77.5 Å². The Kier molecular flexibility index (Phi) is 3.01. The lowest BCUT2D eigenvalue weighted by Gasteiger charge is -2.38. The maximum absolute atomic E-state index is 11.7. The molecule has 0 aromatic carbocycles. The summed E-state index contributed by atoms with van der Waals surface area (Å²) in [6.45, 7) is 0.905. The zero-order valence-corrected chi connectivity index (χ0v) is 9.63. The van der Waals surface area contributed by atoms with E-state index < -0.39 is 6.03 Å². The summed E-state index contributed by atoms with van der Waals surface area (Å²) >= 11 is 0. The van der Waals surface area contributed by atoms with Crippen molar-refractivity contribution < 1.29 is 19.5 Å². The summed E-state index contributed by atoms with van der Waals surface area (Å²) in [6, 6.07) is -0.428. The molecule has 0 bridgehead atoms. The Morgan fingerprint density at radius 2 is 2.06 bits per heavy atom. The number of imide groups is 1. The van der Waals surface area contributed by atoms with Gasteiger partial charge in [0.25, 0.3) is 5.91 Å². The Bertz CT molecular complexity index is 365. The van der Waals surface area contributed by atoms with Crippen molar-refractivity contribution >= 4 is 17.8 Å². The van der Waals surface area contributed by atoms with Gasteiger partial charge in [0, 0.05) is 32.7 Å². The lowest BCUT2D eigenvalue weighted by Crippen LogP contribution is -2.54. The van der Waals surface area contributed by atoms with Crippen molar-refractivity contribution in [2.24, 2.45) is 5.92 Å². The zero-order valence-electron chi connectivity index (χ0n) is 9.63. The van der Waals surface area contributed by atoms with Gasteiger partial charge in [0.1, 0.15) is 13.1 Å². The topological polar surface area (TPSA) is 81.2 Å². The maximum Gasteiger partial charge on any atom is 0.327 e. The molecular formula is C10H15N3O4. The highest BCUT2D eigenvalue weighted by Crippen LogP contribution is 2.16. The number of hydrogen-bond acceptors (Lipinski definition) is 4. The van der Waals surface area contributed by atoms with Crippen LogP contribution in [0.1, 0.15) is 0 Å². The summed E-state index contributed by atoms with van der Waals surface area (Å²) in [6.07, 6.45) is 0. The molecule has 2 rings (SSSR count). The average molecular weight is 241 g/mol. The molecule has 2 aliphatic rings. The Morgan fingerprint density at radius 3 is 2.53 bits per heavy atom. The molecule has 0 aromatic rings. The molecule has 2 fully saturated rings. The van der Waals surface area contributed by atoms with Crippen LogP contribution in [0, 0.1) is 5.92 Å². The van der Waals surface area contributed by atoms with E-state index in [1.54, 1.807) is 4.90 Å². The number of hydrogen-bond donors (Lipinski definition) is 1. The monoisotopic (exact) mass is 241 g/mol. The molecule has 0 radical (unpaired) electrons. The Labute approximate surface area is 98.6 Å². The third kappa shape index (κ3) is 2.10. The van der Waals surface area contributed by atoms with E-state index in [1.807, 2.05) is 0 Å². The van der Waals surface area contributed by atoms with Crippen LogP contribution in [0.5, 0.6) is 0 Å². The molecule has 2 aliphatic heterocycles. The molecule has 1 N–H and O–H groups in total. The van der Waals surface area contributed by atoms with E-state index in [0.717, 1.165) is 4.90 Å². The van der Waals surface area contributed by atoms with Gasteiger partial charge in [-0.05, 0) is 0 Å². The number of nitrogens with zero attached hydrogens (tertiary/aromatic N) is 3. The Balaban J connectivity index is 1.87. The van der Waals surface area contributed by atoms with Crippen LogP contribution < -0.4 is 0 Å². The van der Waals surface area contributed by atoms with Crippen LogP contribution in [-0.2, 0) is 9.59 Å². The minimum absolute atomic E-state index is 0.0331. The number of carbonyl (C=O) groups is 3. The van der Waals surface area contributed by atoms with E-state index in [1.165, 1.54) is 11.9 Å². The van der Waals surface area contributed by atoms with Crippen LogP contribution >= 0.6 is 0 Å². The first kappa shape index (κ1) is 11.8. The Morgan fingerprint density at radius 1 is 1.41 bits per heavy atom. The molecular weight excluding hydrogens is 226 g/mol. The number of aliphatic hydroxyl groups is 1. The van der Waals surface area contributed by atoms with E-state index in [4.69, 9.17) is 5.11 Å².